The fourth-order valence-electron chi connectivity index (χ4n) is 7.42. The number of rotatable bonds is 3. The number of allylic oxidation sites excluding steroid dienone is 4. The minimum Gasteiger partial charge on any atom is -0.388 e. The van der Waals surface area contributed by atoms with E-state index in [4.69, 9.17) is 0 Å². The molecule has 0 aromatic heterocycles. The second-order valence-corrected chi connectivity index (χ2v) is 10.3. The van der Waals surface area contributed by atoms with Crippen LogP contribution in [0.25, 0.3) is 0 Å². The van der Waals surface area contributed by atoms with Crippen LogP contribution in [0.5, 0.6) is 0 Å². The molecule has 0 bridgehead atoms. The highest BCUT2D eigenvalue weighted by atomic mass is 16.3. The molecule has 5 atom stereocenters. The number of nitrogens with one attached hydrogen (secondary N) is 1. The number of fused-ring (bicyclic) bond motifs is 4. The van der Waals surface area contributed by atoms with Crippen molar-refractivity contribution in [2.24, 2.45) is 17.3 Å². The van der Waals surface area contributed by atoms with Crippen LogP contribution in [0.1, 0.15) is 70.3 Å². The van der Waals surface area contributed by atoms with Crippen molar-refractivity contribution >= 4 is 17.3 Å². The van der Waals surface area contributed by atoms with Gasteiger partial charge in [0.25, 0.3) is 0 Å². The Morgan fingerprint density at radius 1 is 1.13 bits per heavy atom. The quantitative estimate of drug-likeness (QED) is 0.728. The molecular formula is C27H33NO3. The van der Waals surface area contributed by atoms with Gasteiger partial charge in [-0.1, -0.05) is 24.6 Å². The summed E-state index contributed by atoms with van der Waals surface area (Å²) in [6.45, 7) is 3.73. The predicted molar refractivity (Wildman–Crippen MR) is 122 cm³/mol. The minimum atomic E-state index is -1.24. The monoisotopic (exact) mass is 419 g/mol. The molecule has 0 saturated heterocycles. The fraction of sp³-hybridized carbons (Fsp3) is 0.556. The number of hydrogen-bond donors (Lipinski definition) is 2. The molecular weight excluding hydrogens is 386 g/mol. The molecule has 4 aliphatic rings. The first-order valence-electron chi connectivity index (χ1n) is 11.8. The molecule has 0 aliphatic heterocycles. The maximum absolute atomic E-state index is 12.7. The molecule has 0 amide bonds. The number of ketones is 2. The van der Waals surface area contributed by atoms with E-state index < -0.39 is 11.0 Å². The Labute approximate surface area is 184 Å². The molecule has 1 aromatic rings. The van der Waals surface area contributed by atoms with E-state index in [2.05, 4.69) is 36.5 Å². The normalized spacial score (nSPS) is 37.0. The van der Waals surface area contributed by atoms with Crippen LogP contribution in [0.15, 0.2) is 47.1 Å². The third kappa shape index (κ3) is 2.91. The molecule has 4 aliphatic carbocycles. The standard InChI is InChI=1S/C27H33NO3/c1-16(29)27(31)13-12-24-22-10-6-18-14-20(30)9-11-21(18)25(22)23(15-26(24,27)2)17-4-7-19(28-3)8-5-17/h4-5,7-8,14,22-24,28,31H,6,9-13,15H2,1-3H3/t22-,23+,24-,26-,27-/m1/s1. The van der Waals surface area contributed by atoms with Crippen molar-refractivity contribution in [3.05, 3.63) is 52.6 Å². The van der Waals surface area contributed by atoms with Crippen molar-refractivity contribution in [1.82, 2.24) is 0 Å². The topological polar surface area (TPSA) is 66.4 Å². The van der Waals surface area contributed by atoms with Gasteiger partial charge in [-0.2, -0.15) is 0 Å². The molecule has 2 fully saturated rings. The van der Waals surface area contributed by atoms with E-state index in [-0.39, 0.29) is 17.5 Å². The third-order valence-corrected chi connectivity index (χ3v) is 9.07. The van der Waals surface area contributed by atoms with Gasteiger partial charge in [-0.3, -0.25) is 9.59 Å². The smallest absolute Gasteiger partial charge is 0.161 e. The zero-order chi connectivity index (χ0) is 22.0. The van der Waals surface area contributed by atoms with Crippen molar-refractivity contribution in [2.75, 3.05) is 12.4 Å². The summed E-state index contributed by atoms with van der Waals surface area (Å²) in [4.78, 5) is 24.8. The van der Waals surface area contributed by atoms with E-state index in [0.717, 1.165) is 37.8 Å². The van der Waals surface area contributed by atoms with Crippen LogP contribution >= 0.6 is 0 Å². The molecule has 164 valence electrons. The van der Waals surface area contributed by atoms with Gasteiger partial charge in [0, 0.05) is 30.5 Å². The lowest BCUT2D eigenvalue weighted by atomic mass is 9.51. The summed E-state index contributed by atoms with van der Waals surface area (Å²) in [7, 11) is 1.92. The number of anilines is 1. The molecule has 31 heavy (non-hydrogen) atoms. The zero-order valence-corrected chi connectivity index (χ0v) is 18.8. The molecule has 1 aromatic carbocycles. The highest BCUT2D eigenvalue weighted by Gasteiger charge is 2.64. The van der Waals surface area contributed by atoms with Crippen LogP contribution in [-0.4, -0.2) is 29.3 Å². The largest absolute Gasteiger partial charge is 0.388 e. The van der Waals surface area contributed by atoms with Crippen LogP contribution in [0.2, 0.25) is 0 Å². The lowest BCUT2D eigenvalue weighted by Crippen LogP contribution is -2.55. The third-order valence-electron chi connectivity index (χ3n) is 9.07. The summed E-state index contributed by atoms with van der Waals surface area (Å²) in [6, 6.07) is 8.61. The predicted octanol–water partition coefficient (Wildman–Crippen LogP) is 4.95. The molecule has 2 N–H and O–H groups in total. The van der Waals surface area contributed by atoms with E-state index in [0.29, 0.717) is 24.7 Å². The van der Waals surface area contributed by atoms with Gasteiger partial charge in [-0.05, 0) is 92.2 Å². The first-order valence-corrected chi connectivity index (χ1v) is 11.8. The second kappa shape index (κ2) is 7.16. The fourth-order valence-corrected chi connectivity index (χ4v) is 7.42. The van der Waals surface area contributed by atoms with Crippen molar-refractivity contribution in [3.8, 4) is 0 Å². The van der Waals surface area contributed by atoms with E-state index in [1.54, 1.807) is 6.92 Å². The van der Waals surface area contributed by atoms with Gasteiger partial charge in [-0.25, -0.2) is 0 Å². The van der Waals surface area contributed by atoms with Crippen LogP contribution in [0, 0.1) is 17.3 Å². The highest BCUT2D eigenvalue weighted by molar-refractivity contribution is 5.93. The molecule has 4 nitrogen and oxygen atoms in total. The number of hydrogen-bond acceptors (Lipinski definition) is 4. The highest BCUT2D eigenvalue weighted by Crippen LogP contribution is 2.66. The number of aliphatic hydroxyl groups is 1. The van der Waals surface area contributed by atoms with Crippen molar-refractivity contribution in [2.45, 2.75) is 70.3 Å². The van der Waals surface area contributed by atoms with Crippen molar-refractivity contribution < 1.29 is 14.7 Å². The second-order valence-electron chi connectivity index (χ2n) is 10.3. The van der Waals surface area contributed by atoms with Gasteiger partial charge in [0.1, 0.15) is 5.60 Å². The van der Waals surface area contributed by atoms with Gasteiger partial charge in [0.15, 0.2) is 11.6 Å². The average Bonchev–Trinajstić information content (AvgIpc) is 3.04. The maximum Gasteiger partial charge on any atom is 0.161 e. The number of carbonyl (C=O) groups excluding carboxylic acids is 2. The van der Waals surface area contributed by atoms with Gasteiger partial charge < -0.3 is 10.4 Å². The SMILES string of the molecule is CNc1ccc([C@@H]2C[C@]3(C)[C@H](CC[C@@]3(O)C(C)=O)[C@H]3CCC4=CC(=O)CCC4=C23)cc1. The Balaban J connectivity index is 1.68. The summed E-state index contributed by atoms with van der Waals surface area (Å²) in [5, 5.41) is 14.8. The Morgan fingerprint density at radius 3 is 2.55 bits per heavy atom. The lowest BCUT2D eigenvalue weighted by molar-refractivity contribution is -0.152. The van der Waals surface area contributed by atoms with Gasteiger partial charge in [-0.15, -0.1) is 0 Å². The van der Waals surface area contributed by atoms with Gasteiger partial charge in [0.05, 0.1) is 0 Å². The number of Topliss-reactive ketones (excluding diaryl/α,β-unsaturated/α-hetero) is 1. The number of carbonyl (C=O) groups is 2. The van der Waals surface area contributed by atoms with Gasteiger partial charge in [0.2, 0.25) is 0 Å². The molecule has 5 rings (SSSR count). The minimum absolute atomic E-state index is 0.0856. The molecule has 0 radical (unpaired) electrons. The Kier molecular flexibility index (Phi) is 4.78. The summed E-state index contributed by atoms with van der Waals surface area (Å²) in [6.07, 6.45) is 7.51. The molecule has 2 saturated carbocycles. The van der Waals surface area contributed by atoms with Gasteiger partial charge >= 0.3 is 0 Å². The van der Waals surface area contributed by atoms with E-state index in [1.165, 1.54) is 22.3 Å². The lowest BCUT2D eigenvalue weighted by Gasteiger charge is -2.54. The maximum atomic E-state index is 12.7. The summed E-state index contributed by atoms with van der Waals surface area (Å²) in [5.74, 6) is 1.03. The zero-order valence-electron chi connectivity index (χ0n) is 18.8. The summed E-state index contributed by atoms with van der Waals surface area (Å²) >= 11 is 0. The summed E-state index contributed by atoms with van der Waals surface area (Å²) in [5.41, 5.74) is 4.80. The van der Waals surface area contributed by atoms with Crippen LogP contribution in [0.4, 0.5) is 5.69 Å². The van der Waals surface area contributed by atoms with E-state index in [1.807, 2.05) is 13.1 Å². The first kappa shape index (κ1) is 20.7. The van der Waals surface area contributed by atoms with Crippen LogP contribution < -0.4 is 5.32 Å². The first-order chi connectivity index (χ1) is 14.8. The molecule has 0 heterocycles. The molecule has 0 spiro atoms. The average molecular weight is 420 g/mol. The summed E-state index contributed by atoms with van der Waals surface area (Å²) < 4.78 is 0. The molecule has 0 unspecified atom stereocenters. The van der Waals surface area contributed by atoms with Crippen molar-refractivity contribution in [3.63, 3.8) is 0 Å². The Morgan fingerprint density at radius 2 is 1.87 bits per heavy atom. The van der Waals surface area contributed by atoms with Crippen LogP contribution in [0.3, 0.4) is 0 Å². The molecule has 4 heteroatoms. The van der Waals surface area contributed by atoms with E-state index >= 15 is 0 Å². The Hall–Kier alpha value is -2.20. The van der Waals surface area contributed by atoms with Crippen molar-refractivity contribution in [1.29, 1.82) is 0 Å². The van der Waals surface area contributed by atoms with Crippen LogP contribution in [-0.2, 0) is 9.59 Å². The number of benzene rings is 1. The van der Waals surface area contributed by atoms with E-state index in [9.17, 15) is 14.7 Å². The Bertz CT molecular complexity index is 1000.